The van der Waals surface area contributed by atoms with Crippen molar-refractivity contribution in [2.24, 2.45) is 11.3 Å². The lowest BCUT2D eigenvalue weighted by Crippen LogP contribution is -2.39. The van der Waals surface area contributed by atoms with E-state index in [0.717, 1.165) is 18.4 Å². The molecule has 0 aromatic heterocycles. The first-order valence-electron chi connectivity index (χ1n) is 6.20. The molecule has 0 bridgehead atoms. The molecule has 1 fully saturated rings. The number of ether oxygens (including phenoxy) is 1. The van der Waals surface area contributed by atoms with Crippen LogP contribution in [-0.4, -0.2) is 18.9 Å². The number of rotatable bonds is 4. The Bertz CT molecular complexity index is 332. The quantitative estimate of drug-likeness (QED) is 0.558. The van der Waals surface area contributed by atoms with Gasteiger partial charge in [0.1, 0.15) is 5.78 Å². The van der Waals surface area contributed by atoms with Crippen LogP contribution >= 0.6 is 0 Å². The number of carbonyl (C=O) groups is 2. The zero-order valence-corrected chi connectivity index (χ0v) is 11.0. The molecule has 0 spiro atoms. The van der Waals surface area contributed by atoms with E-state index in [0.29, 0.717) is 18.8 Å². The molecule has 0 aromatic carbocycles. The van der Waals surface area contributed by atoms with Crippen LogP contribution in [0, 0.1) is 11.3 Å². The van der Waals surface area contributed by atoms with Gasteiger partial charge in [-0.15, -0.1) is 0 Å². The largest absolute Gasteiger partial charge is 0.469 e. The second-order valence-electron chi connectivity index (χ2n) is 5.10. The van der Waals surface area contributed by atoms with Crippen molar-refractivity contribution < 1.29 is 14.3 Å². The number of allylic oxidation sites excluding steroid dienone is 1. The highest BCUT2D eigenvalue weighted by molar-refractivity contribution is 5.90. The van der Waals surface area contributed by atoms with E-state index in [1.54, 1.807) is 0 Å². The monoisotopic (exact) mass is 238 g/mol. The van der Waals surface area contributed by atoms with Gasteiger partial charge in [0.2, 0.25) is 0 Å². The maximum atomic E-state index is 12.3. The zero-order valence-electron chi connectivity index (χ0n) is 11.0. The Morgan fingerprint density at radius 2 is 2.24 bits per heavy atom. The summed E-state index contributed by atoms with van der Waals surface area (Å²) in [5.41, 5.74) is 0.583. The van der Waals surface area contributed by atoms with Crippen LogP contribution in [0.25, 0.3) is 0 Å². The van der Waals surface area contributed by atoms with Crippen LogP contribution in [0.15, 0.2) is 12.2 Å². The summed E-state index contributed by atoms with van der Waals surface area (Å²) in [4.78, 5) is 23.7. The molecule has 3 heteroatoms. The number of methoxy groups -OCH3 is 1. The van der Waals surface area contributed by atoms with Gasteiger partial charge in [0, 0.05) is 11.8 Å². The van der Waals surface area contributed by atoms with Crippen molar-refractivity contribution >= 4 is 11.8 Å². The van der Waals surface area contributed by atoms with E-state index in [4.69, 9.17) is 4.74 Å². The van der Waals surface area contributed by atoms with Gasteiger partial charge in [-0.3, -0.25) is 9.59 Å². The van der Waals surface area contributed by atoms with Crippen molar-refractivity contribution in [3.63, 3.8) is 0 Å². The van der Waals surface area contributed by atoms with Crippen LogP contribution in [0.2, 0.25) is 0 Å². The summed E-state index contributed by atoms with van der Waals surface area (Å²) in [7, 11) is 1.37. The molecule has 0 amide bonds. The Balaban J connectivity index is 2.79. The lowest BCUT2D eigenvalue weighted by atomic mass is 9.65. The highest BCUT2D eigenvalue weighted by atomic mass is 16.5. The fourth-order valence-corrected chi connectivity index (χ4v) is 2.59. The number of hydrogen-bond donors (Lipinski definition) is 0. The third-order valence-corrected chi connectivity index (χ3v) is 4.08. The minimum atomic E-state index is -0.487. The smallest absolute Gasteiger partial charge is 0.306 e. The van der Waals surface area contributed by atoms with Gasteiger partial charge in [-0.05, 0) is 32.1 Å². The lowest BCUT2D eigenvalue weighted by molar-refractivity contribution is -0.149. The van der Waals surface area contributed by atoms with E-state index >= 15 is 0 Å². The van der Waals surface area contributed by atoms with Gasteiger partial charge in [0.15, 0.2) is 0 Å². The molecule has 0 saturated heterocycles. The molecule has 0 heterocycles. The summed E-state index contributed by atoms with van der Waals surface area (Å²) in [5, 5.41) is 0. The van der Waals surface area contributed by atoms with Gasteiger partial charge in [-0.1, -0.05) is 19.1 Å². The lowest BCUT2D eigenvalue weighted by Gasteiger charge is -2.37. The summed E-state index contributed by atoms with van der Waals surface area (Å²) >= 11 is 0. The van der Waals surface area contributed by atoms with Crippen molar-refractivity contribution in [1.29, 1.82) is 0 Å². The van der Waals surface area contributed by atoms with Crippen LogP contribution in [0.5, 0.6) is 0 Å². The normalized spacial score (nSPS) is 28.9. The summed E-state index contributed by atoms with van der Waals surface area (Å²) in [6.07, 6.45) is 3.19. The zero-order chi connectivity index (χ0) is 13.1. The first kappa shape index (κ1) is 13.9. The first-order valence-corrected chi connectivity index (χ1v) is 6.20. The van der Waals surface area contributed by atoms with E-state index in [9.17, 15) is 9.59 Å². The van der Waals surface area contributed by atoms with Gasteiger partial charge in [-0.2, -0.15) is 0 Å². The van der Waals surface area contributed by atoms with Gasteiger partial charge in [0.05, 0.1) is 13.5 Å². The van der Waals surface area contributed by atoms with Crippen molar-refractivity contribution in [2.75, 3.05) is 7.11 Å². The predicted molar refractivity (Wildman–Crippen MR) is 66.5 cm³/mol. The molecule has 96 valence electrons. The topological polar surface area (TPSA) is 43.4 Å². The van der Waals surface area contributed by atoms with E-state index < -0.39 is 5.41 Å². The second-order valence-corrected chi connectivity index (χ2v) is 5.10. The number of ketones is 1. The summed E-state index contributed by atoms with van der Waals surface area (Å²) in [6, 6.07) is 0. The molecule has 0 aromatic rings. The molecule has 2 unspecified atom stereocenters. The van der Waals surface area contributed by atoms with Gasteiger partial charge < -0.3 is 4.74 Å². The molecule has 1 aliphatic rings. The number of carbonyl (C=O) groups excluding carboxylic acids is 2. The molecule has 2 atom stereocenters. The van der Waals surface area contributed by atoms with E-state index in [1.165, 1.54) is 7.11 Å². The summed E-state index contributed by atoms with van der Waals surface area (Å²) in [5.74, 6) is 0.207. The van der Waals surface area contributed by atoms with E-state index in [-0.39, 0.29) is 18.2 Å². The molecule has 0 aliphatic heterocycles. The third kappa shape index (κ3) is 2.96. The Morgan fingerprint density at radius 1 is 1.59 bits per heavy atom. The molecule has 0 radical (unpaired) electrons. The van der Waals surface area contributed by atoms with Crippen LogP contribution in [0.3, 0.4) is 0 Å². The highest BCUT2D eigenvalue weighted by Gasteiger charge is 2.43. The predicted octanol–water partition coefficient (Wildman–Crippen LogP) is 2.89. The standard InChI is InChI=1S/C14H22O3/c1-5-14(9-13(16)17-4)7-6-11(10(2)3)8-12(14)15/h11H,2,5-9H2,1,3-4H3. The maximum absolute atomic E-state index is 12.3. The van der Waals surface area contributed by atoms with Crippen LogP contribution in [0.4, 0.5) is 0 Å². The molecule has 1 rings (SSSR count). The molecule has 17 heavy (non-hydrogen) atoms. The molecule has 3 nitrogen and oxygen atoms in total. The van der Waals surface area contributed by atoms with Crippen LogP contribution in [0.1, 0.15) is 46.0 Å². The number of Topliss-reactive ketones (excluding diaryl/α,β-unsaturated/α-hetero) is 1. The summed E-state index contributed by atoms with van der Waals surface area (Å²) < 4.78 is 4.69. The van der Waals surface area contributed by atoms with Gasteiger partial charge in [0.25, 0.3) is 0 Å². The maximum Gasteiger partial charge on any atom is 0.306 e. The molecule has 1 aliphatic carbocycles. The van der Waals surface area contributed by atoms with Gasteiger partial charge >= 0.3 is 5.97 Å². The van der Waals surface area contributed by atoms with Crippen molar-refractivity contribution in [1.82, 2.24) is 0 Å². The fraction of sp³-hybridized carbons (Fsp3) is 0.714. The first-order chi connectivity index (χ1) is 7.95. The Morgan fingerprint density at radius 3 is 2.65 bits per heavy atom. The van der Waals surface area contributed by atoms with Crippen LogP contribution in [-0.2, 0) is 14.3 Å². The minimum Gasteiger partial charge on any atom is -0.469 e. The second kappa shape index (κ2) is 5.48. The Labute approximate surface area is 103 Å². The average molecular weight is 238 g/mol. The summed E-state index contributed by atoms with van der Waals surface area (Å²) in [6.45, 7) is 7.86. The molecule has 1 saturated carbocycles. The Kier molecular flexibility index (Phi) is 4.49. The fourth-order valence-electron chi connectivity index (χ4n) is 2.59. The molecular weight excluding hydrogens is 216 g/mol. The molecule has 0 N–H and O–H groups in total. The van der Waals surface area contributed by atoms with Crippen LogP contribution < -0.4 is 0 Å². The minimum absolute atomic E-state index is 0.199. The molecular formula is C14H22O3. The van der Waals surface area contributed by atoms with Crippen molar-refractivity contribution in [3.05, 3.63) is 12.2 Å². The highest BCUT2D eigenvalue weighted by Crippen LogP contribution is 2.43. The SMILES string of the molecule is C=C(C)C1CCC(CC)(CC(=O)OC)C(=O)C1. The number of esters is 1. The average Bonchev–Trinajstić information content (AvgIpc) is 2.31. The van der Waals surface area contributed by atoms with E-state index in [1.807, 2.05) is 13.8 Å². The van der Waals surface area contributed by atoms with Crippen molar-refractivity contribution in [2.45, 2.75) is 46.0 Å². The third-order valence-electron chi connectivity index (χ3n) is 4.08. The van der Waals surface area contributed by atoms with E-state index in [2.05, 4.69) is 6.58 Å². The van der Waals surface area contributed by atoms with Gasteiger partial charge in [-0.25, -0.2) is 0 Å². The number of hydrogen-bond acceptors (Lipinski definition) is 3. The Hall–Kier alpha value is -1.12. The van der Waals surface area contributed by atoms with Crippen molar-refractivity contribution in [3.8, 4) is 0 Å².